The van der Waals surface area contributed by atoms with Gasteiger partial charge in [-0.25, -0.2) is 0 Å². The van der Waals surface area contributed by atoms with Crippen LogP contribution >= 0.6 is 11.6 Å². The number of aromatic nitrogens is 5. The fraction of sp³-hybridized carbons (Fsp3) is 0.383. The molecule has 1 aliphatic carbocycles. The molecule has 1 spiro atoms. The van der Waals surface area contributed by atoms with E-state index in [2.05, 4.69) is 78.3 Å². The monoisotopic (exact) mass is 821 g/mol. The van der Waals surface area contributed by atoms with Crippen molar-refractivity contribution in [3.8, 4) is 16.8 Å². The van der Waals surface area contributed by atoms with E-state index in [4.69, 9.17) is 21.7 Å². The van der Waals surface area contributed by atoms with Crippen LogP contribution in [0.15, 0.2) is 84.1 Å². The van der Waals surface area contributed by atoms with Crippen LogP contribution in [-0.2, 0) is 28.2 Å². The van der Waals surface area contributed by atoms with E-state index in [1.807, 2.05) is 37.4 Å². The van der Waals surface area contributed by atoms with E-state index in [0.717, 1.165) is 115 Å². The van der Waals surface area contributed by atoms with Gasteiger partial charge in [0.25, 0.3) is 5.91 Å². The van der Waals surface area contributed by atoms with Crippen LogP contribution in [0.5, 0.6) is 0 Å². The summed E-state index contributed by atoms with van der Waals surface area (Å²) in [6.07, 6.45) is 15.7. The highest BCUT2D eigenvalue weighted by atomic mass is 35.5. The standard InChI is InChI=1S/C47H48ClN9O3/c1-30-52-53-46-47(20-21-47)51-43(32-10-13-35(48)14-11-32)38-26-33(12-15-40(38)57(30)46)34-27-49-55(28-34)23-6-4-2-3-5-22-54-24-18-31(19-25-54)36-8-7-9-37-39(36)29-56(45(37)60)41-16-17-42(58)50-44(41)59/h7-15,18,26-28,41H,2-6,16-17,19-25,29H2,1H3,(H,50,58,59). The van der Waals surface area contributed by atoms with E-state index in [1.54, 1.807) is 4.90 Å². The van der Waals surface area contributed by atoms with Gasteiger partial charge in [0, 0.05) is 66.1 Å². The zero-order valence-corrected chi connectivity index (χ0v) is 34.6. The Hall–Kier alpha value is -5.72. The molecule has 1 unspecified atom stereocenters. The molecular formula is C47H48ClN9O3. The van der Waals surface area contributed by atoms with Crippen LogP contribution in [-0.4, -0.2) is 83.5 Å². The Labute approximate surface area is 354 Å². The Kier molecular flexibility index (Phi) is 10.1. The molecule has 4 aliphatic heterocycles. The van der Waals surface area contributed by atoms with E-state index < -0.39 is 6.04 Å². The lowest BCUT2D eigenvalue weighted by Gasteiger charge is -2.29. The largest absolute Gasteiger partial charge is 0.322 e. The number of nitrogens with one attached hydrogen (secondary N) is 1. The first-order valence-electron chi connectivity index (χ1n) is 21.4. The molecule has 2 fully saturated rings. The molecule has 2 aromatic heterocycles. The van der Waals surface area contributed by atoms with Gasteiger partial charge < -0.3 is 4.90 Å². The number of nitrogens with zero attached hydrogens (tertiary/aromatic N) is 8. The first-order valence-corrected chi connectivity index (χ1v) is 21.8. The number of aryl methyl sites for hydroxylation is 2. The third-order valence-corrected chi connectivity index (χ3v) is 13.2. The van der Waals surface area contributed by atoms with Gasteiger partial charge in [0.15, 0.2) is 5.82 Å². The number of carbonyl (C=O) groups excluding carboxylic acids is 3. The lowest BCUT2D eigenvalue weighted by atomic mass is 9.93. The van der Waals surface area contributed by atoms with Gasteiger partial charge in [-0.2, -0.15) is 5.10 Å². The summed E-state index contributed by atoms with van der Waals surface area (Å²) in [6, 6.07) is 19.8. The Morgan fingerprint density at radius 3 is 2.42 bits per heavy atom. The lowest BCUT2D eigenvalue weighted by molar-refractivity contribution is -0.136. The molecule has 0 bridgehead atoms. The maximum Gasteiger partial charge on any atom is 0.255 e. The van der Waals surface area contributed by atoms with Crippen molar-refractivity contribution in [2.75, 3.05) is 19.6 Å². The fourth-order valence-corrected chi connectivity index (χ4v) is 9.60. The Morgan fingerprint density at radius 1 is 0.850 bits per heavy atom. The second-order valence-corrected chi connectivity index (χ2v) is 17.3. The van der Waals surface area contributed by atoms with Crippen molar-refractivity contribution in [2.45, 2.75) is 95.8 Å². The quantitative estimate of drug-likeness (QED) is 0.102. The number of benzene rings is 3. The molecule has 3 amide bonds. The summed E-state index contributed by atoms with van der Waals surface area (Å²) in [5.41, 5.74) is 9.96. The van der Waals surface area contributed by atoms with E-state index >= 15 is 0 Å². The van der Waals surface area contributed by atoms with Gasteiger partial charge in [0.2, 0.25) is 11.8 Å². The van der Waals surface area contributed by atoms with Crippen LogP contribution in [0.3, 0.4) is 0 Å². The van der Waals surface area contributed by atoms with Crippen LogP contribution in [0.25, 0.3) is 22.4 Å². The fourth-order valence-electron chi connectivity index (χ4n) is 9.48. The maximum absolute atomic E-state index is 13.3. The first-order chi connectivity index (χ1) is 29.2. The third kappa shape index (κ3) is 7.19. The van der Waals surface area contributed by atoms with Crippen LogP contribution in [0.1, 0.15) is 108 Å². The number of rotatable bonds is 12. The molecule has 0 radical (unpaired) electrons. The highest BCUT2D eigenvalue weighted by molar-refractivity contribution is 6.30. The van der Waals surface area contributed by atoms with Gasteiger partial charge in [0.05, 0.1) is 17.6 Å². The molecule has 306 valence electrons. The average Bonchev–Trinajstić information content (AvgIpc) is 3.54. The smallest absolute Gasteiger partial charge is 0.255 e. The van der Waals surface area contributed by atoms with Gasteiger partial charge >= 0.3 is 0 Å². The number of carbonyl (C=O) groups is 3. The van der Waals surface area contributed by atoms with Crippen molar-refractivity contribution < 1.29 is 14.4 Å². The van der Waals surface area contributed by atoms with Gasteiger partial charge in [-0.1, -0.05) is 67.3 Å². The second kappa shape index (κ2) is 15.7. The number of hydrogen-bond donors (Lipinski definition) is 1. The number of imide groups is 1. The maximum atomic E-state index is 13.3. The molecule has 1 N–H and O–H groups in total. The van der Waals surface area contributed by atoms with Crippen molar-refractivity contribution in [3.05, 3.63) is 124 Å². The lowest BCUT2D eigenvalue weighted by Crippen LogP contribution is -2.52. The van der Waals surface area contributed by atoms with Crippen LogP contribution < -0.4 is 5.32 Å². The molecular weight excluding hydrogens is 774 g/mol. The third-order valence-electron chi connectivity index (χ3n) is 13.0. The first kappa shape index (κ1) is 38.5. The SMILES string of the molecule is Cc1nnc2n1-c1ccc(-c3cnn(CCCCCCCN4CC=C(c5cccc6c5CN(C5CCC(=O)NC5=O)C6=O)CC4)c3)cc1C(c1ccc(Cl)cc1)=NC21CC1. The Balaban J connectivity index is 0.713. The zero-order chi connectivity index (χ0) is 41.0. The molecule has 12 nitrogen and oxygen atoms in total. The molecule has 13 heteroatoms. The normalized spacial score (nSPS) is 19.4. The number of hydrogen-bond acceptors (Lipinski definition) is 8. The number of aliphatic imine (C=N–C) groups is 1. The van der Waals surface area contributed by atoms with Gasteiger partial charge in [-0.15, -0.1) is 10.2 Å². The number of fused-ring (bicyclic) bond motifs is 5. The summed E-state index contributed by atoms with van der Waals surface area (Å²) in [5, 5.41) is 16.9. The summed E-state index contributed by atoms with van der Waals surface area (Å²) in [7, 11) is 0. The summed E-state index contributed by atoms with van der Waals surface area (Å²) < 4.78 is 4.25. The predicted molar refractivity (Wildman–Crippen MR) is 230 cm³/mol. The second-order valence-electron chi connectivity index (χ2n) is 16.9. The Morgan fingerprint density at radius 2 is 1.63 bits per heavy atom. The van der Waals surface area contributed by atoms with E-state index in [-0.39, 0.29) is 29.7 Å². The molecule has 1 saturated carbocycles. The van der Waals surface area contributed by atoms with Crippen molar-refractivity contribution in [3.63, 3.8) is 0 Å². The highest BCUT2D eigenvalue weighted by Gasteiger charge is 2.51. The van der Waals surface area contributed by atoms with Crippen molar-refractivity contribution in [1.82, 2.24) is 39.7 Å². The molecule has 5 aliphatic rings. The summed E-state index contributed by atoms with van der Waals surface area (Å²) in [5.74, 6) is 1.01. The predicted octanol–water partition coefficient (Wildman–Crippen LogP) is 7.43. The Bertz CT molecular complexity index is 2580. The minimum absolute atomic E-state index is 0.121. The van der Waals surface area contributed by atoms with Gasteiger partial charge in [-0.05, 0) is 105 Å². The molecule has 5 aromatic rings. The number of amides is 3. The molecule has 6 heterocycles. The molecule has 1 atom stereocenters. The molecule has 10 rings (SSSR count). The highest BCUT2D eigenvalue weighted by Crippen LogP contribution is 2.52. The molecule has 3 aromatic carbocycles. The molecule has 60 heavy (non-hydrogen) atoms. The van der Waals surface area contributed by atoms with Gasteiger partial charge in [-0.3, -0.25) is 38.8 Å². The van der Waals surface area contributed by atoms with E-state index in [0.29, 0.717) is 23.6 Å². The van der Waals surface area contributed by atoms with Crippen LogP contribution in [0.4, 0.5) is 0 Å². The minimum atomic E-state index is -0.599. The minimum Gasteiger partial charge on any atom is -0.322 e. The van der Waals surface area contributed by atoms with Crippen molar-refractivity contribution in [1.29, 1.82) is 0 Å². The number of piperidine rings is 1. The summed E-state index contributed by atoms with van der Waals surface area (Å²) >= 11 is 6.30. The van der Waals surface area contributed by atoms with Crippen molar-refractivity contribution >= 4 is 40.6 Å². The molecule has 1 saturated heterocycles. The van der Waals surface area contributed by atoms with Crippen LogP contribution in [0, 0.1) is 6.92 Å². The van der Waals surface area contributed by atoms with Gasteiger partial charge in [0.1, 0.15) is 17.4 Å². The average molecular weight is 822 g/mol. The summed E-state index contributed by atoms with van der Waals surface area (Å²) in [6.45, 7) is 6.26. The van der Waals surface area contributed by atoms with Crippen molar-refractivity contribution in [2.24, 2.45) is 4.99 Å². The van der Waals surface area contributed by atoms with E-state index in [1.165, 1.54) is 24.8 Å². The number of halogens is 1. The van der Waals surface area contributed by atoms with Crippen LogP contribution in [0.2, 0.25) is 5.02 Å². The topological polar surface area (TPSA) is 131 Å². The van der Waals surface area contributed by atoms with E-state index in [9.17, 15) is 14.4 Å². The zero-order valence-electron chi connectivity index (χ0n) is 33.9. The number of unbranched alkanes of at least 4 members (excludes halogenated alkanes) is 4. The summed E-state index contributed by atoms with van der Waals surface area (Å²) in [4.78, 5) is 47.1.